The van der Waals surface area contributed by atoms with Crippen molar-refractivity contribution in [2.75, 3.05) is 6.61 Å². The second-order valence-corrected chi connectivity index (χ2v) is 5.60. The molecule has 0 fully saturated rings. The first kappa shape index (κ1) is 13.3. The predicted molar refractivity (Wildman–Crippen MR) is 80.9 cm³/mol. The number of halogens is 1. The van der Waals surface area contributed by atoms with Gasteiger partial charge < -0.3 is 9.47 Å². The Morgan fingerprint density at radius 3 is 2.70 bits per heavy atom. The van der Waals surface area contributed by atoms with Gasteiger partial charge in [-0.25, -0.2) is 0 Å². The quantitative estimate of drug-likeness (QED) is 0.829. The number of fused-ring (bicyclic) bond motifs is 1. The monoisotopic (exact) mass is 288 g/mol. The Morgan fingerprint density at radius 1 is 1.20 bits per heavy atom. The lowest BCUT2D eigenvalue weighted by Crippen LogP contribution is -2.01. The fourth-order valence-electron chi connectivity index (χ4n) is 2.63. The maximum Gasteiger partial charge on any atom is 0.129 e. The number of aryl methyl sites for hydroxylation is 2. The zero-order valence-corrected chi connectivity index (χ0v) is 12.5. The van der Waals surface area contributed by atoms with Gasteiger partial charge >= 0.3 is 0 Å². The maximum absolute atomic E-state index is 6.16. The van der Waals surface area contributed by atoms with Crippen molar-refractivity contribution in [1.82, 2.24) is 0 Å². The molecule has 0 aliphatic carbocycles. The van der Waals surface area contributed by atoms with Crippen LogP contribution in [0.5, 0.6) is 11.5 Å². The molecule has 3 rings (SSSR count). The molecule has 0 atom stereocenters. The van der Waals surface area contributed by atoms with Crippen LogP contribution >= 0.6 is 11.6 Å². The average Bonchev–Trinajstić information content (AvgIpc) is 2.86. The van der Waals surface area contributed by atoms with Crippen molar-refractivity contribution in [1.29, 1.82) is 0 Å². The van der Waals surface area contributed by atoms with Crippen LogP contribution < -0.4 is 9.47 Å². The molecule has 0 amide bonds. The summed E-state index contributed by atoms with van der Waals surface area (Å²) in [5, 5.41) is 0.745. The summed E-state index contributed by atoms with van der Waals surface area (Å²) in [6.45, 7) is 5.32. The SMILES string of the molecule is Cc1cccc(C)c1OCc1cc(Cl)cc2c1OCC2. The molecule has 0 radical (unpaired) electrons. The summed E-state index contributed by atoms with van der Waals surface area (Å²) in [6, 6.07) is 10.1. The minimum absolute atomic E-state index is 0.481. The van der Waals surface area contributed by atoms with E-state index in [1.165, 1.54) is 5.56 Å². The molecule has 20 heavy (non-hydrogen) atoms. The summed E-state index contributed by atoms with van der Waals surface area (Å²) >= 11 is 6.16. The number of ether oxygens (including phenoxy) is 2. The van der Waals surface area contributed by atoms with Crippen molar-refractivity contribution in [2.45, 2.75) is 26.9 Å². The number of hydrogen-bond donors (Lipinski definition) is 0. The summed E-state index contributed by atoms with van der Waals surface area (Å²) in [5.74, 6) is 1.89. The molecule has 1 aliphatic rings. The van der Waals surface area contributed by atoms with Crippen LogP contribution in [0.2, 0.25) is 5.02 Å². The van der Waals surface area contributed by atoms with Crippen molar-refractivity contribution in [3.05, 3.63) is 57.6 Å². The highest BCUT2D eigenvalue weighted by Crippen LogP contribution is 2.34. The Morgan fingerprint density at radius 2 is 1.95 bits per heavy atom. The van der Waals surface area contributed by atoms with Crippen LogP contribution in [-0.4, -0.2) is 6.61 Å². The van der Waals surface area contributed by atoms with Gasteiger partial charge in [-0.05, 0) is 42.7 Å². The summed E-state index contributed by atoms with van der Waals surface area (Å²) in [7, 11) is 0. The Hall–Kier alpha value is -1.67. The van der Waals surface area contributed by atoms with Gasteiger partial charge in [0.1, 0.15) is 18.1 Å². The molecule has 2 aromatic carbocycles. The summed E-state index contributed by atoms with van der Waals surface area (Å²) < 4.78 is 11.7. The second-order valence-electron chi connectivity index (χ2n) is 5.16. The first-order valence-electron chi connectivity index (χ1n) is 6.78. The Kier molecular flexibility index (Phi) is 3.58. The molecule has 0 spiro atoms. The molecule has 0 saturated carbocycles. The molecule has 1 heterocycles. The molecule has 2 nitrogen and oxygen atoms in total. The van der Waals surface area contributed by atoms with Crippen LogP contribution in [0.4, 0.5) is 0 Å². The van der Waals surface area contributed by atoms with E-state index in [9.17, 15) is 0 Å². The minimum Gasteiger partial charge on any atom is -0.493 e. The van der Waals surface area contributed by atoms with Gasteiger partial charge in [0.05, 0.1) is 6.61 Å². The lowest BCUT2D eigenvalue weighted by molar-refractivity contribution is 0.288. The van der Waals surface area contributed by atoms with Gasteiger partial charge in [0.25, 0.3) is 0 Å². The van der Waals surface area contributed by atoms with Crippen LogP contribution in [0.15, 0.2) is 30.3 Å². The zero-order chi connectivity index (χ0) is 14.1. The van der Waals surface area contributed by atoms with Crippen molar-refractivity contribution < 1.29 is 9.47 Å². The van der Waals surface area contributed by atoms with E-state index in [0.717, 1.165) is 46.2 Å². The Bertz CT molecular complexity index is 629. The van der Waals surface area contributed by atoms with Crippen LogP contribution in [0.1, 0.15) is 22.3 Å². The number of rotatable bonds is 3. The van der Waals surface area contributed by atoms with Crippen molar-refractivity contribution in [3.8, 4) is 11.5 Å². The smallest absolute Gasteiger partial charge is 0.129 e. The molecule has 0 N–H and O–H groups in total. The predicted octanol–water partition coefficient (Wildman–Crippen LogP) is 4.47. The van der Waals surface area contributed by atoms with E-state index < -0.39 is 0 Å². The van der Waals surface area contributed by atoms with Gasteiger partial charge in [0.15, 0.2) is 0 Å². The normalized spacial score (nSPS) is 12.9. The molecule has 2 aromatic rings. The van der Waals surface area contributed by atoms with Crippen LogP contribution in [0.3, 0.4) is 0 Å². The zero-order valence-electron chi connectivity index (χ0n) is 11.7. The second kappa shape index (κ2) is 5.37. The van der Waals surface area contributed by atoms with Gasteiger partial charge in [-0.1, -0.05) is 29.8 Å². The highest BCUT2D eigenvalue weighted by Gasteiger charge is 2.18. The van der Waals surface area contributed by atoms with E-state index >= 15 is 0 Å². The molecule has 0 saturated heterocycles. The third kappa shape index (κ3) is 2.48. The molecular weight excluding hydrogens is 272 g/mol. The van der Waals surface area contributed by atoms with Gasteiger partial charge in [0.2, 0.25) is 0 Å². The van der Waals surface area contributed by atoms with Gasteiger partial charge in [0, 0.05) is 17.0 Å². The first-order valence-corrected chi connectivity index (χ1v) is 7.16. The molecule has 0 unspecified atom stereocenters. The standard InChI is InChI=1S/C17H17ClO2/c1-11-4-3-5-12(2)16(11)20-10-14-9-15(18)8-13-6-7-19-17(13)14/h3-5,8-9H,6-7,10H2,1-2H3. The fourth-order valence-corrected chi connectivity index (χ4v) is 2.89. The average molecular weight is 289 g/mol. The lowest BCUT2D eigenvalue weighted by Gasteiger charge is -2.14. The molecule has 0 bridgehead atoms. The topological polar surface area (TPSA) is 18.5 Å². The minimum atomic E-state index is 0.481. The highest BCUT2D eigenvalue weighted by atomic mass is 35.5. The van der Waals surface area contributed by atoms with Gasteiger partial charge in [-0.3, -0.25) is 0 Å². The summed E-state index contributed by atoms with van der Waals surface area (Å²) in [4.78, 5) is 0. The number of para-hydroxylation sites is 1. The molecular formula is C17H17ClO2. The molecule has 1 aliphatic heterocycles. The molecule has 3 heteroatoms. The molecule has 104 valence electrons. The van der Waals surface area contributed by atoms with Crippen molar-refractivity contribution in [3.63, 3.8) is 0 Å². The van der Waals surface area contributed by atoms with Gasteiger partial charge in [-0.15, -0.1) is 0 Å². The van der Waals surface area contributed by atoms with E-state index in [0.29, 0.717) is 6.61 Å². The first-order chi connectivity index (χ1) is 9.65. The van der Waals surface area contributed by atoms with Crippen LogP contribution in [-0.2, 0) is 13.0 Å². The lowest BCUT2D eigenvalue weighted by atomic mass is 10.1. The van der Waals surface area contributed by atoms with E-state index in [1.807, 2.05) is 18.2 Å². The number of hydrogen-bond acceptors (Lipinski definition) is 2. The van der Waals surface area contributed by atoms with Crippen LogP contribution in [0, 0.1) is 13.8 Å². The third-order valence-corrected chi connectivity index (χ3v) is 3.82. The molecule has 0 aromatic heterocycles. The highest BCUT2D eigenvalue weighted by molar-refractivity contribution is 6.30. The van der Waals surface area contributed by atoms with Gasteiger partial charge in [-0.2, -0.15) is 0 Å². The summed E-state index contributed by atoms with van der Waals surface area (Å²) in [5.41, 5.74) is 4.49. The van der Waals surface area contributed by atoms with E-state index in [-0.39, 0.29) is 0 Å². The Labute approximate surface area is 124 Å². The van der Waals surface area contributed by atoms with E-state index in [4.69, 9.17) is 21.1 Å². The Balaban J connectivity index is 1.86. The van der Waals surface area contributed by atoms with Crippen molar-refractivity contribution >= 4 is 11.6 Å². The fraction of sp³-hybridized carbons (Fsp3) is 0.294. The van der Waals surface area contributed by atoms with E-state index in [2.05, 4.69) is 26.0 Å². The number of benzene rings is 2. The third-order valence-electron chi connectivity index (χ3n) is 3.61. The van der Waals surface area contributed by atoms with Crippen LogP contribution in [0.25, 0.3) is 0 Å². The maximum atomic E-state index is 6.16. The summed E-state index contributed by atoms with van der Waals surface area (Å²) in [6.07, 6.45) is 0.923. The largest absolute Gasteiger partial charge is 0.493 e. The van der Waals surface area contributed by atoms with Crippen molar-refractivity contribution in [2.24, 2.45) is 0 Å². The van der Waals surface area contributed by atoms with E-state index in [1.54, 1.807) is 0 Å².